The van der Waals surface area contributed by atoms with Crippen LogP contribution in [0.15, 0.2) is 23.3 Å². The molecule has 7 nitrogen and oxygen atoms in total. The number of nitrogens with one attached hydrogen (secondary N) is 2. The third-order valence-corrected chi connectivity index (χ3v) is 5.32. The van der Waals surface area contributed by atoms with E-state index < -0.39 is 0 Å². The van der Waals surface area contributed by atoms with Gasteiger partial charge in [0.1, 0.15) is 0 Å². The Bertz CT molecular complexity index is 646. The molecule has 2 fully saturated rings. The van der Waals surface area contributed by atoms with Crippen molar-refractivity contribution in [2.45, 2.75) is 38.6 Å². The lowest BCUT2D eigenvalue weighted by molar-refractivity contribution is 0.0205. The Hall–Kier alpha value is -1.20. The quantitative estimate of drug-likeness (QED) is 0.220. The number of hydrogen-bond donors (Lipinski definition) is 2. The Kier molecular flexibility index (Phi) is 11.7. The number of aromatic nitrogens is 1. The molecule has 1 unspecified atom stereocenters. The third-order valence-electron chi connectivity index (χ3n) is 5.32. The number of rotatable bonds is 9. The molecule has 0 bridgehead atoms. The maximum Gasteiger partial charge on any atom is 0.191 e. The maximum atomic E-state index is 14.0. The van der Waals surface area contributed by atoms with E-state index >= 15 is 0 Å². The van der Waals surface area contributed by atoms with E-state index in [1.54, 1.807) is 12.3 Å². The van der Waals surface area contributed by atoms with E-state index in [0.717, 1.165) is 71.2 Å². The Morgan fingerprint density at radius 2 is 2.20 bits per heavy atom. The monoisotopic (exact) mass is 535 g/mol. The lowest BCUT2D eigenvalue weighted by Crippen LogP contribution is -2.44. The van der Waals surface area contributed by atoms with Crippen LogP contribution in [-0.2, 0) is 9.47 Å². The Balaban J connectivity index is 0.00000320. The van der Waals surface area contributed by atoms with Crippen molar-refractivity contribution in [1.29, 1.82) is 0 Å². The highest BCUT2D eigenvalue weighted by Crippen LogP contribution is 2.20. The van der Waals surface area contributed by atoms with E-state index in [4.69, 9.17) is 9.47 Å². The standard InChI is InChI=1S/C21H34FN5O2.HI/c1-2-23-21(25-10-4-12-29-16-17-7-13-28-14-8-17)26-18-6-11-27(15-18)20-19(22)5-3-9-24-20;/h3,5,9,17-18H,2,4,6-8,10-16H2,1H3,(H2,23,25,26);1H. The Labute approximate surface area is 196 Å². The highest BCUT2D eigenvalue weighted by atomic mass is 127. The molecule has 30 heavy (non-hydrogen) atoms. The van der Waals surface area contributed by atoms with E-state index in [1.807, 2.05) is 4.90 Å². The number of guanidine groups is 1. The van der Waals surface area contributed by atoms with Crippen LogP contribution < -0.4 is 15.5 Å². The van der Waals surface area contributed by atoms with E-state index in [1.165, 1.54) is 6.07 Å². The first-order chi connectivity index (χ1) is 14.3. The minimum absolute atomic E-state index is 0. The maximum absolute atomic E-state index is 14.0. The van der Waals surface area contributed by atoms with Crippen molar-refractivity contribution in [1.82, 2.24) is 15.6 Å². The summed E-state index contributed by atoms with van der Waals surface area (Å²) in [6, 6.07) is 3.30. The fourth-order valence-electron chi connectivity index (χ4n) is 3.71. The van der Waals surface area contributed by atoms with Crippen LogP contribution >= 0.6 is 24.0 Å². The van der Waals surface area contributed by atoms with Crippen molar-refractivity contribution in [2.24, 2.45) is 10.9 Å². The molecule has 3 rings (SSSR count). The zero-order valence-electron chi connectivity index (χ0n) is 17.8. The van der Waals surface area contributed by atoms with Crippen molar-refractivity contribution in [3.05, 3.63) is 24.1 Å². The highest BCUT2D eigenvalue weighted by Gasteiger charge is 2.25. The second-order valence-corrected chi connectivity index (χ2v) is 7.63. The molecule has 0 saturated carbocycles. The number of ether oxygens (including phenoxy) is 2. The molecule has 1 aromatic rings. The van der Waals surface area contributed by atoms with Gasteiger partial charge in [-0.15, -0.1) is 24.0 Å². The van der Waals surface area contributed by atoms with E-state index in [-0.39, 0.29) is 35.8 Å². The third kappa shape index (κ3) is 8.14. The van der Waals surface area contributed by atoms with Crippen molar-refractivity contribution in [3.63, 3.8) is 0 Å². The van der Waals surface area contributed by atoms with Crippen LogP contribution in [0, 0.1) is 11.7 Å². The van der Waals surface area contributed by atoms with Gasteiger partial charge in [0.05, 0.1) is 0 Å². The van der Waals surface area contributed by atoms with E-state index in [2.05, 4.69) is 27.5 Å². The van der Waals surface area contributed by atoms with Gasteiger partial charge < -0.3 is 25.0 Å². The summed E-state index contributed by atoms with van der Waals surface area (Å²) in [5, 5.41) is 6.77. The summed E-state index contributed by atoms with van der Waals surface area (Å²) in [6.45, 7) is 8.36. The fourth-order valence-corrected chi connectivity index (χ4v) is 3.71. The number of pyridine rings is 1. The molecule has 170 valence electrons. The molecular formula is C21H35FIN5O2. The van der Waals surface area contributed by atoms with Gasteiger partial charge in [0.15, 0.2) is 17.6 Å². The van der Waals surface area contributed by atoms with Crippen LogP contribution in [0.5, 0.6) is 0 Å². The van der Waals surface area contributed by atoms with E-state index in [0.29, 0.717) is 24.8 Å². The van der Waals surface area contributed by atoms with Crippen LogP contribution in [-0.4, -0.2) is 69.6 Å². The molecule has 2 aliphatic heterocycles. The SMILES string of the molecule is CCNC(=NCCCOCC1CCOCC1)NC1CCN(c2ncccc2F)C1.I. The van der Waals surface area contributed by atoms with Crippen molar-refractivity contribution in [3.8, 4) is 0 Å². The largest absolute Gasteiger partial charge is 0.381 e. The van der Waals surface area contributed by atoms with Gasteiger partial charge in [-0.3, -0.25) is 4.99 Å². The van der Waals surface area contributed by atoms with Gasteiger partial charge in [0.25, 0.3) is 0 Å². The van der Waals surface area contributed by atoms with Crippen LogP contribution in [0.4, 0.5) is 10.2 Å². The van der Waals surface area contributed by atoms with Gasteiger partial charge in [0.2, 0.25) is 0 Å². The summed E-state index contributed by atoms with van der Waals surface area (Å²) in [5.41, 5.74) is 0. The second kappa shape index (κ2) is 14.0. The average molecular weight is 535 g/mol. The van der Waals surface area contributed by atoms with Gasteiger partial charge >= 0.3 is 0 Å². The summed E-state index contributed by atoms with van der Waals surface area (Å²) in [6.07, 6.45) is 5.67. The lowest BCUT2D eigenvalue weighted by atomic mass is 10.0. The predicted octanol–water partition coefficient (Wildman–Crippen LogP) is 2.81. The zero-order valence-corrected chi connectivity index (χ0v) is 20.1. The van der Waals surface area contributed by atoms with Crippen molar-refractivity contribution < 1.29 is 13.9 Å². The molecule has 0 aromatic carbocycles. The normalized spacial score (nSPS) is 20.1. The van der Waals surface area contributed by atoms with Crippen molar-refractivity contribution >= 4 is 35.8 Å². The van der Waals surface area contributed by atoms with Crippen LogP contribution in [0.3, 0.4) is 0 Å². The number of aliphatic imine (C=N–C) groups is 1. The first kappa shape index (κ1) is 25.1. The molecule has 9 heteroatoms. The molecule has 2 aliphatic rings. The van der Waals surface area contributed by atoms with E-state index in [9.17, 15) is 4.39 Å². The first-order valence-electron chi connectivity index (χ1n) is 10.8. The Morgan fingerprint density at radius 1 is 1.37 bits per heavy atom. The molecule has 2 saturated heterocycles. The number of nitrogens with zero attached hydrogens (tertiary/aromatic N) is 3. The fraction of sp³-hybridized carbons (Fsp3) is 0.714. The molecule has 2 N–H and O–H groups in total. The molecule has 0 radical (unpaired) electrons. The smallest absolute Gasteiger partial charge is 0.191 e. The van der Waals surface area contributed by atoms with Crippen LogP contribution in [0.25, 0.3) is 0 Å². The van der Waals surface area contributed by atoms with Gasteiger partial charge in [-0.1, -0.05) is 0 Å². The molecule has 1 aromatic heterocycles. The summed E-state index contributed by atoms with van der Waals surface area (Å²) < 4.78 is 25.1. The molecule has 0 amide bonds. The predicted molar refractivity (Wildman–Crippen MR) is 128 cm³/mol. The average Bonchev–Trinajstić information content (AvgIpc) is 3.20. The van der Waals surface area contributed by atoms with Gasteiger partial charge in [-0.05, 0) is 50.7 Å². The van der Waals surface area contributed by atoms with Crippen LogP contribution in [0.1, 0.15) is 32.6 Å². The molecule has 1 atom stereocenters. The van der Waals surface area contributed by atoms with Gasteiger partial charge in [-0.2, -0.15) is 0 Å². The number of hydrogen-bond acceptors (Lipinski definition) is 5. The van der Waals surface area contributed by atoms with Gasteiger partial charge in [0, 0.05) is 64.8 Å². The summed E-state index contributed by atoms with van der Waals surface area (Å²) in [4.78, 5) is 10.8. The minimum atomic E-state index is -0.269. The number of anilines is 1. The molecular weight excluding hydrogens is 500 g/mol. The zero-order chi connectivity index (χ0) is 20.3. The number of halogens is 2. The molecule has 0 aliphatic carbocycles. The molecule has 3 heterocycles. The molecule has 0 spiro atoms. The Morgan fingerprint density at radius 3 is 2.97 bits per heavy atom. The summed E-state index contributed by atoms with van der Waals surface area (Å²) >= 11 is 0. The summed E-state index contributed by atoms with van der Waals surface area (Å²) in [5.74, 6) is 1.61. The first-order valence-corrected chi connectivity index (χ1v) is 10.8. The minimum Gasteiger partial charge on any atom is -0.381 e. The second-order valence-electron chi connectivity index (χ2n) is 7.63. The van der Waals surface area contributed by atoms with Crippen LogP contribution in [0.2, 0.25) is 0 Å². The lowest BCUT2D eigenvalue weighted by Gasteiger charge is -2.21. The summed E-state index contributed by atoms with van der Waals surface area (Å²) in [7, 11) is 0. The van der Waals surface area contributed by atoms with Gasteiger partial charge in [-0.25, -0.2) is 9.37 Å². The van der Waals surface area contributed by atoms with Crippen molar-refractivity contribution in [2.75, 3.05) is 57.5 Å². The highest BCUT2D eigenvalue weighted by molar-refractivity contribution is 14.0. The topological polar surface area (TPSA) is 71.0 Å².